The van der Waals surface area contributed by atoms with Gasteiger partial charge >= 0.3 is 5.97 Å². The number of methoxy groups -OCH3 is 2. The molecule has 0 spiro atoms. The predicted molar refractivity (Wildman–Crippen MR) is 99.4 cm³/mol. The van der Waals surface area contributed by atoms with Gasteiger partial charge in [0.1, 0.15) is 5.75 Å². The molecule has 1 aromatic rings. The molecule has 7 heteroatoms. The number of esters is 1. The monoisotopic (exact) mass is 348 g/mol. The van der Waals surface area contributed by atoms with Gasteiger partial charge in [0.25, 0.3) is 0 Å². The maximum atomic E-state index is 11.2. The van der Waals surface area contributed by atoms with Crippen LogP contribution < -0.4 is 15.0 Å². The SMILES string of the molecule is CCNC(=NCCC(=O)OC)N1CCN(c2ccccc2OC)CC1. The Hall–Kier alpha value is -2.44. The maximum Gasteiger partial charge on any atom is 0.307 e. The Labute approximate surface area is 149 Å². The van der Waals surface area contributed by atoms with E-state index in [-0.39, 0.29) is 5.97 Å². The second-order valence-corrected chi connectivity index (χ2v) is 5.71. The van der Waals surface area contributed by atoms with Gasteiger partial charge in [-0.15, -0.1) is 0 Å². The summed E-state index contributed by atoms with van der Waals surface area (Å²) in [6.45, 7) is 6.78. The number of piperazine rings is 1. The first-order chi connectivity index (χ1) is 12.2. The van der Waals surface area contributed by atoms with Crippen LogP contribution in [0.3, 0.4) is 0 Å². The molecule has 0 unspecified atom stereocenters. The number of carbonyl (C=O) groups excluding carboxylic acids is 1. The second-order valence-electron chi connectivity index (χ2n) is 5.71. The van der Waals surface area contributed by atoms with Gasteiger partial charge in [0.15, 0.2) is 5.96 Å². The number of hydrogen-bond acceptors (Lipinski definition) is 5. The van der Waals surface area contributed by atoms with Crippen molar-refractivity contribution < 1.29 is 14.3 Å². The van der Waals surface area contributed by atoms with E-state index in [1.165, 1.54) is 7.11 Å². The standard InChI is InChI=1S/C18H28N4O3/c1-4-19-18(20-10-9-17(23)25-3)22-13-11-21(12-14-22)15-7-5-6-8-16(15)24-2/h5-8H,4,9-14H2,1-3H3,(H,19,20). The first kappa shape index (κ1) is 18.9. The van der Waals surface area contributed by atoms with E-state index in [4.69, 9.17) is 4.74 Å². The zero-order chi connectivity index (χ0) is 18.1. The normalized spacial score (nSPS) is 15.1. The topological polar surface area (TPSA) is 66.4 Å². The largest absolute Gasteiger partial charge is 0.495 e. The number of nitrogens with one attached hydrogen (secondary N) is 1. The van der Waals surface area contributed by atoms with Crippen molar-refractivity contribution in [2.75, 3.05) is 58.4 Å². The Morgan fingerprint density at radius 3 is 2.56 bits per heavy atom. The van der Waals surface area contributed by atoms with Crippen molar-refractivity contribution in [3.8, 4) is 5.75 Å². The molecule has 0 aliphatic carbocycles. The number of aliphatic imine (C=N–C) groups is 1. The van der Waals surface area contributed by atoms with Crippen LogP contribution in [0.1, 0.15) is 13.3 Å². The molecule has 1 N–H and O–H groups in total. The van der Waals surface area contributed by atoms with Crippen LogP contribution in [0.2, 0.25) is 0 Å². The van der Waals surface area contributed by atoms with Gasteiger partial charge < -0.3 is 24.6 Å². The first-order valence-corrected chi connectivity index (χ1v) is 8.67. The number of guanidine groups is 1. The highest BCUT2D eigenvalue weighted by atomic mass is 16.5. The minimum absolute atomic E-state index is 0.236. The van der Waals surface area contributed by atoms with Gasteiger partial charge in [-0.3, -0.25) is 9.79 Å². The third kappa shape index (κ3) is 5.27. The van der Waals surface area contributed by atoms with E-state index in [1.807, 2.05) is 25.1 Å². The lowest BCUT2D eigenvalue weighted by molar-refractivity contribution is -0.140. The van der Waals surface area contributed by atoms with Gasteiger partial charge in [0.2, 0.25) is 0 Å². The summed E-state index contributed by atoms with van der Waals surface area (Å²) in [4.78, 5) is 20.3. The fourth-order valence-corrected chi connectivity index (χ4v) is 2.83. The Bertz CT molecular complexity index is 583. The van der Waals surface area contributed by atoms with Crippen LogP contribution in [0.4, 0.5) is 5.69 Å². The van der Waals surface area contributed by atoms with Crippen LogP contribution >= 0.6 is 0 Å². The zero-order valence-corrected chi connectivity index (χ0v) is 15.3. The molecule has 1 aromatic carbocycles. The number of para-hydroxylation sites is 2. The lowest BCUT2D eigenvalue weighted by atomic mass is 10.2. The molecule has 0 radical (unpaired) electrons. The average Bonchev–Trinajstić information content (AvgIpc) is 2.67. The lowest BCUT2D eigenvalue weighted by Gasteiger charge is -2.38. The van der Waals surface area contributed by atoms with E-state index >= 15 is 0 Å². The second kappa shape index (κ2) is 9.76. The molecular formula is C18H28N4O3. The molecule has 138 valence electrons. The molecule has 1 saturated heterocycles. The van der Waals surface area contributed by atoms with E-state index in [2.05, 4.69) is 30.9 Å². The third-order valence-corrected chi connectivity index (χ3v) is 4.15. The predicted octanol–water partition coefficient (Wildman–Crippen LogP) is 1.35. The van der Waals surface area contributed by atoms with Crippen LogP contribution in [0.5, 0.6) is 5.75 Å². The van der Waals surface area contributed by atoms with Crippen molar-refractivity contribution in [3.63, 3.8) is 0 Å². The van der Waals surface area contributed by atoms with E-state index in [0.717, 1.165) is 50.1 Å². The highest BCUT2D eigenvalue weighted by molar-refractivity contribution is 5.80. The Kier molecular flexibility index (Phi) is 7.37. The number of carbonyl (C=O) groups is 1. The summed E-state index contributed by atoms with van der Waals surface area (Å²) in [5.74, 6) is 1.52. The molecule has 7 nitrogen and oxygen atoms in total. The number of hydrogen-bond donors (Lipinski definition) is 1. The number of ether oxygens (including phenoxy) is 2. The molecular weight excluding hydrogens is 320 g/mol. The van der Waals surface area contributed by atoms with Crippen molar-refractivity contribution in [3.05, 3.63) is 24.3 Å². The number of benzene rings is 1. The Balaban J connectivity index is 1.96. The van der Waals surface area contributed by atoms with Crippen LogP contribution in [0.15, 0.2) is 29.3 Å². The molecule has 1 fully saturated rings. The van der Waals surface area contributed by atoms with Gasteiger partial charge in [-0.1, -0.05) is 12.1 Å². The fourth-order valence-electron chi connectivity index (χ4n) is 2.83. The van der Waals surface area contributed by atoms with Crippen molar-refractivity contribution in [2.24, 2.45) is 4.99 Å². The molecule has 0 bridgehead atoms. The fraction of sp³-hybridized carbons (Fsp3) is 0.556. The van der Waals surface area contributed by atoms with Crippen molar-refractivity contribution in [1.82, 2.24) is 10.2 Å². The van der Waals surface area contributed by atoms with Crippen LogP contribution in [-0.4, -0.2) is 70.3 Å². The van der Waals surface area contributed by atoms with Gasteiger partial charge in [-0.2, -0.15) is 0 Å². The summed E-state index contributed by atoms with van der Waals surface area (Å²) in [7, 11) is 3.10. The van der Waals surface area contributed by atoms with Crippen LogP contribution in [-0.2, 0) is 9.53 Å². The Morgan fingerprint density at radius 1 is 1.20 bits per heavy atom. The minimum atomic E-state index is -0.236. The smallest absolute Gasteiger partial charge is 0.307 e. The van der Waals surface area contributed by atoms with E-state index in [9.17, 15) is 4.79 Å². The average molecular weight is 348 g/mol. The van der Waals surface area contributed by atoms with Gasteiger partial charge in [0, 0.05) is 32.7 Å². The first-order valence-electron chi connectivity index (χ1n) is 8.67. The van der Waals surface area contributed by atoms with Gasteiger partial charge in [-0.25, -0.2) is 0 Å². The molecule has 0 saturated carbocycles. The summed E-state index contributed by atoms with van der Waals surface area (Å²) in [5.41, 5.74) is 1.12. The van der Waals surface area contributed by atoms with Gasteiger partial charge in [-0.05, 0) is 19.1 Å². The summed E-state index contributed by atoms with van der Waals surface area (Å²) >= 11 is 0. The molecule has 1 aliphatic rings. The molecule has 25 heavy (non-hydrogen) atoms. The molecule has 2 rings (SSSR count). The molecule has 0 aromatic heterocycles. The quantitative estimate of drug-likeness (QED) is 0.475. The summed E-state index contributed by atoms with van der Waals surface area (Å²) in [6.07, 6.45) is 0.298. The molecule has 1 aliphatic heterocycles. The lowest BCUT2D eigenvalue weighted by Crippen LogP contribution is -2.52. The van der Waals surface area contributed by atoms with Crippen LogP contribution in [0.25, 0.3) is 0 Å². The highest BCUT2D eigenvalue weighted by Crippen LogP contribution is 2.28. The minimum Gasteiger partial charge on any atom is -0.495 e. The third-order valence-electron chi connectivity index (χ3n) is 4.15. The molecule has 1 heterocycles. The van der Waals surface area contributed by atoms with E-state index in [1.54, 1.807) is 7.11 Å². The van der Waals surface area contributed by atoms with Crippen molar-refractivity contribution in [1.29, 1.82) is 0 Å². The van der Waals surface area contributed by atoms with Crippen molar-refractivity contribution in [2.45, 2.75) is 13.3 Å². The molecule has 0 atom stereocenters. The van der Waals surface area contributed by atoms with Gasteiger partial charge in [0.05, 0.1) is 32.9 Å². The van der Waals surface area contributed by atoms with Crippen molar-refractivity contribution >= 4 is 17.6 Å². The summed E-state index contributed by atoms with van der Waals surface area (Å²) < 4.78 is 10.1. The number of nitrogens with zero attached hydrogens (tertiary/aromatic N) is 3. The Morgan fingerprint density at radius 2 is 1.92 bits per heavy atom. The van der Waals surface area contributed by atoms with Crippen LogP contribution in [0, 0.1) is 0 Å². The zero-order valence-electron chi connectivity index (χ0n) is 15.3. The van der Waals surface area contributed by atoms with E-state index in [0.29, 0.717) is 13.0 Å². The number of rotatable bonds is 6. The molecule has 0 amide bonds. The summed E-state index contributed by atoms with van der Waals surface area (Å²) in [5, 5.41) is 3.30. The number of anilines is 1. The van der Waals surface area contributed by atoms with E-state index < -0.39 is 0 Å². The highest BCUT2D eigenvalue weighted by Gasteiger charge is 2.21. The summed E-state index contributed by atoms with van der Waals surface area (Å²) in [6, 6.07) is 8.09. The maximum absolute atomic E-state index is 11.2.